The van der Waals surface area contributed by atoms with Gasteiger partial charge in [0.1, 0.15) is 12.0 Å². The monoisotopic (exact) mass is 188 g/mol. The van der Waals surface area contributed by atoms with Crippen LogP contribution in [-0.2, 0) is 6.61 Å². The standard InChI is InChI=1S/C9H8N4O/c14-5-7-1-4-11-9(13-7)8-2-3-10-6-12-8/h1-4,6,14H,5H2. The first-order valence-corrected chi connectivity index (χ1v) is 4.09. The highest BCUT2D eigenvalue weighted by molar-refractivity contribution is 5.47. The Hall–Kier alpha value is -1.88. The molecule has 0 fully saturated rings. The van der Waals surface area contributed by atoms with Crippen molar-refractivity contribution < 1.29 is 5.11 Å². The molecule has 0 atom stereocenters. The van der Waals surface area contributed by atoms with E-state index < -0.39 is 0 Å². The lowest BCUT2D eigenvalue weighted by Crippen LogP contribution is -1.96. The quantitative estimate of drug-likeness (QED) is 0.739. The highest BCUT2D eigenvalue weighted by Crippen LogP contribution is 2.09. The van der Waals surface area contributed by atoms with Gasteiger partial charge < -0.3 is 5.11 Å². The normalized spacial score (nSPS) is 10.1. The largest absolute Gasteiger partial charge is 0.390 e. The van der Waals surface area contributed by atoms with Crippen LogP contribution in [0.15, 0.2) is 30.9 Å². The van der Waals surface area contributed by atoms with Crippen LogP contribution in [0.1, 0.15) is 5.69 Å². The average Bonchev–Trinajstić information content (AvgIpc) is 2.30. The summed E-state index contributed by atoms with van der Waals surface area (Å²) in [5.41, 5.74) is 1.23. The molecule has 2 rings (SSSR count). The molecule has 5 heteroatoms. The molecule has 0 radical (unpaired) electrons. The molecule has 2 aromatic heterocycles. The van der Waals surface area contributed by atoms with Crippen LogP contribution in [0.5, 0.6) is 0 Å². The third kappa shape index (κ3) is 1.72. The van der Waals surface area contributed by atoms with Gasteiger partial charge in [0.25, 0.3) is 0 Å². The fourth-order valence-electron chi connectivity index (χ4n) is 1.03. The molecular formula is C9H8N4O. The van der Waals surface area contributed by atoms with E-state index in [1.165, 1.54) is 6.33 Å². The van der Waals surface area contributed by atoms with Gasteiger partial charge in [-0.2, -0.15) is 0 Å². The Morgan fingerprint density at radius 3 is 2.79 bits per heavy atom. The first-order valence-electron chi connectivity index (χ1n) is 4.09. The number of aliphatic hydroxyl groups is 1. The SMILES string of the molecule is OCc1ccnc(-c2ccncn2)n1. The molecule has 70 valence electrons. The summed E-state index contributed by atoms with van der Waals surface area (Å²) in [6.45, 7) is -0.0966. The number of hydrogen-bond acceptors (Lipinski definition) is 5. The zero-order chi connectivity index (χ0) is 9.80. The molecular weight excluding hydrogens is 180 g/mol. The van der Waals surface area contributed by atoms with Gasteiger partial charge in [-0.3, -0.25) is 0 Å². The van der Waals surface area contributed by atoms with Gasteiger partial charge in [0.2, 0.25) is 0 Å². The summed E-state index contributed by atoms with van der Waals surface area (Å²) >= 11 is 0. The molecule has 0 amide bonds. The fraction of sp³-hybridized carbons (Fsp3) is 0.111. The van der Waals surface area contributed by atoms with Crippen molar-refractivity contribution in [3.63, 3.8) is 0 Å². The minimum absolute atomic E-state index is 0.0966. The van der Waals surface area contributed by atoms with E-state index in [0.29, 0.717) is 17.2 Å². The number of nitrogens with zero attached hydrogens (tertiary/aromatic N) is 4. The average molecular weight is 188 g/mol. The van der Waals surface area contributed by atoms with E-state index in [2.05, 4.69) is 19.9 Å². The molecule has 0 saturated carbocycles. The molecule has 1 N–H and O–H groups in total. The van der Waals surface area contributed by atoms with Crippen molar-refractivity contribution in [3.8, 4) is 11.5 Å². The third-order valence-electron chi connectivity index (χ3n) is 1.69. The molecule has 0 aromatic carbocycles. The number of aromatic nitrogens is 4. The van der Waals surface area contributed by atoms with Crippen molar-refractivity contribution in [2.75, 3.05) is 0 Å². The Balaban J connectivity index is 2.42. The van der Waals surface area contributed by atoms with Crippen LogP contribution >= 0.6 is 0 Å². The first kappa shape index (κ1) is 8.71. The fourth-order valence-corrected chi connectivity index (χ4v) is 1.03. The second kappa shape index (κ2) is 3.89. The zero-order valence-electron chi connectivity index (χ0n) is 7.33. The van der Waals surface area contributed by atoms with Gasteiger partial charge in [0, 0.05) is 12.4 Å². The maximum Gasteiger partial charge on any atom is 0.178 e. The van der Waals surface area contributed by atoms with E-state index in [1.807, 2.05) is 0 Å². The van der Waals surface area contributed by atoms with E-state index in [4.69, 9.17) is 5.11 Å². The Morgan fingerprint density at radius 1 is 1.14 bits per heavy atom. The molecule has 0 saturated heterocycles. The maximum atomic E-state index is 8.89. The topological polar surface area (TPSA) is 71.8 Å². The van der Waals surface area contributed by atoms with Gasteiger partial charge in [-0.1, -0.05) is 0 Å². The van der Waals surface area contributed by atoms with E-state index in [-0.39, 0.29) is 6.61 Å². The molecule has 2 heterocycles. The van der Waals surface area contributed by atoms with Crippen molar-refractivity contribution in [3.05, 3.63) is 36.5 Å². The first-order chi connectivity index (χ1) is 6.90. The summed E-state index contributed by atoms with van der Waals surface area (Å²) in [5.74, 6) is 0.499. The van der Waals surface area contributed by atoms with Crippen molar-refractivity contribution in [2.24, 2.45) is 0 Å². The molecule has 0 unspecified atom stereocenters. The van der Waals surface area contributed by atoms with Gasteiger partial charge in [0.05, 0.1) is 12.3 Å². The molecule has 14 heavy (non-hydrogen) atoms. The van der Waals surface area contributed by atoms with Crippen LogP contribution in [0.4, 0.5) is 0 Å². The summed E-state index contributed by atoms with van der Waals surface area (Å²) in [5, 5.41) is 8.89. The molecule has 5 nitrogen and oxygen atoms in total. The lowest BCUT2D eigenvalue weighted by atomic mass is 10.3. The number of rotatable bonds is 2. The molecule has 0 aliphatic carbocycles. The lowest BCUT2D eigenvalue weighted by Gasteiger charge is -1.99. The highest BCUT2D eigenvalue weighted by atomic mass is 16.3. The Kier molecular flexibility index (Phi) is 2.42. The Labute approximate surface area is 80.5 Å². The highest BCUT2D eigenvalue weighted by Gasteiger charge is 2.02. The van der Waals surface area contributed by atoms with Gasteiger partial charge in [0.15, 0.2) is 5.82 Å². The molecule has 0 bridgehead atoms. The molecule has 0 spiro atoms. The Bertz CT molecular complexity index is 418. The lowest BCUT2D eigenvalue weighted by molar-refractivity contribution is 0.277. The third-order valence-corrected chi connectivity index (χ3v) is 1.69. The number of hydrogen-bond donors (Lipinski definition) is 1. The van der Waals surface area contributed by atoms with Gasteiger partial charge >= 0.3 is 0 Å². The van der Waals surface area contributed by atoms with Gasteiger partial charge in [-0.15, -0.1) is 0 Å². The van der Waals surface area contributed by atoms with Crippen LogP contribution in [0.3, 0.4) is 0 Å². The summed E-state index contributed by atoms with van der Waals surface area (Å²) in [4.78, 5) is 16.0. The van der Waals surface area contributed by atoms with Crippen molar-refractivity contribution in [1.82, 2.24) is 19.9 Å². The smallest absolute Gasteiger partial charge is 0.178 e. The molecule has 0 aliphatic rings. The van der Waals surface area contributed by atoms with Crippen molar-refractivity contribution >= 4 is 0 Å². The van der Waals surface area contributed by atoms with Gasteiger partial charge in [-0.05, 0) is 12.1 Å². The molecule has 0 aliphatic heterocycles. The van der Waals surface area contributed by atoms with Crippen molar-refractivity contribution in [1.29, 1.82) is 0 Å². The second-order valence-corrected chi connectivity index (χ2v) is 2.62. The zero-order valence-corrected chi connectivity index (χ0v) is 7.33. The van der Waals surface area contributed by atoms with Crippen LogP contribution < -0.4 is 0 Å². The van der Waals surface area contributed by atoms with E-state index >= 15 is 0 Å². The van der Waals surface area contributed by atoms with Crippen LogP contribution in [-0.4, -0.2) is 25.0 Å². The van der Waals surface area contributed by atoms with E-state index in [1.54, 1.807) is 24.5 Å². The molecule has 2 aromatic rings. The summed E-state index contributed by atoms with van der Waals surface area (Å²) in [6, 6.07) is 3.38. The second-order valence-electron chi connectivity index (χ2n) is 2.62. The minimum atomic E-state index is -0.0966. The van der Waals surface area contributed by atoms with E-state index in [9.17, 15) is 0 Å². The van der Waals surface area contributed by atoms with Gasteiger partial charge in [-0.25, -0.2) is 19.9 Å². The van der Waals surface area contributed by atoms with Crippen LogP contribution in [0, 0.1) is 0 Å². The summed E-state index contributed by atoms with van der Waals surface area (Å²) in [7, 11) is 0. The predicted octanol–water partition coefficient (Wildman–Crippen LogP) is 0.426. The maximum absolute atomic E-state index is 8.89. The number of aliphatic hydroxyl groups excluding tert-OH is 1. The van der Waals surface area contributed by atoms with Crippen molar-refractivity contribution in [2.45, 2.75) is 6.61 Å². The summed E-state index contributed by atoms with van der Waals surface area (Å²) in [6.07, 6.45) is 4.65. The van der Waals surface area contributed by atoms with E-state index in [0.717, 1.165) is 0 Å². The predicted molar refractivity (Wildman–Crippen MR) is 49.0 cm³/mol. The van der Waals surface area contributed by atoms with Crippen LogP contribution in [0.2, 0.25) is 0 Å². The summed E-state index contributed by atoms with van der Waals surface area (Å²) < 4.78 is 0. The Morgan fingerprint density at radius 2 is 2.07 bits per heavy atom. The minimum Gasteiger partial charge on any atom is -0.390 e. The van der Waals surface area contributed by atoms with Crippen LogP contribution in [0.25, 0.3) is 11.5 Å².